The maximum atomic E-state index is 12.2. The monoisotopic (exact) mass is 324 g/mol. The van der Waals surface area contributed by atoms with Crippen LogP contribution in [0.15, 0.2) is 29.2 Å². The Morgan fingerprint density at radius 3 is 2.29 bits per heavy atom. The summed E-state index contributed by atoms with van der Waals surface area (Å²) in [4.78, 5) is 0.241. The van der Waals surface area contributed by atoms with Crippen LogP contribution in [0.4, 0.5) is 0 Å². The van der Waals surface area contributed by atoms with Gasteiger partial charge in [0.1, 0.15) is 0 Å². The van der Waals surface area contributed by atoms with Gasteiger partial charge in [-0.25, -0.2) is 8.42 Å². The summed E-state index contributed by atoms with van der Waals surface area (Å²) in [7, 11) is -3.58. The fraction of sp³-hybridized carbons (Fsp3) is 0.533. The topological polar surface area (TPSA) is 58.2 Å². The molecule has 21 heavy (non-hydrogen) atoms. The number of aryl methyl sites for hydroxylation is 1. The largest absolute Gasteiger partial charge is 0.359 e. The van der Waals surface area contributed by atoms with Crippen LogP contribution in [0.3, 0.4) is 0 Å². The predicted molar refractivity (Wildman–Crippen MR) is 86.5 cm³/mol. The van der Waals surface area contributed by atoms with E-state index in [0.717, 1.165) is 5.56 Å². The number of nitrogens with one attached hydrogen (secondary N) is 2. The van der Waals surface area contributed by atoms with E-state index in [1.165, 1.54) is 25.7 Å². The molecular formula is C15H20N2O2S2. The molecule has 0 aliphatic heterocycles. The number of hydrogen-bond donors (Lipinski definition) is 2. The molecule has 2 N–H and O–H groups in total. The minimum absolute atomic E-state index is 0.218. The van der Waals surface area contributed by atoms with E-state index in [1.807, 2.05) is 6.92 Å². The van der Waals surface area contributed by atoms with Gasteiger partial charge in [0, 0.05) is 6.04 Å². The zero-order valence-corrected chi connectivity index (χ0v) is 13.6. The van der Waals surface area contributed by atoms with E-state index >= 15 is 0 Å². The smallest absolute Gasteiger partial charge is 0.263 e. The minimum atomic E-state index is -3.58. The van der Waals surface area contributed by atoms with Gasteiger partial charge >= 0.3 is 0 Å². The molecule has 2 aliphatic carbocycles. The average Bonchev–Trinajstić information content (AvgIpc) is 3.12. The average molecular weight is 324 g/mol. The lowest BCUT2D eigenvalue weighted by atomic mass is 10.0. The van der Waals surface area contributed by atoms with Gasteiger partial charge in [0.05, 0.1) is 4.90 Å². The van der Waals surface area contributed by atoms with Crippen LogP contribution < -0.4 is 10.0 Å². The summed E-state index contributed by atoms with van der Waals surface area (Å²) in [5.41, 5.74) is 1.02. The van der Waals surface area contributed by atoms with Gasteiger partial charge in [-0.1, -0.05) is 30.5 Å². The Morgan fingerprint density at radius 2 is 1.71 bits per heavy atom. The number of benzene rings is 1. The molecule has 0 amide bonds. The third-order valence-corrected chi connectivity index (χ3v) is 6.23. The lowest BCUT2D eigenvalue weighted by molar-refractivity contribution is 0.480. The second-order valence-corrected chi connectivity index (χ2v) is 8.12. The highest BCUT2D eigenvalue weighted by Crippen LogP contribution is 2.49. The first-order chi connectivity index (χ1) is 9.97. The molecule has 114 valence electrons. The Balaban J connectivity index is 1.60. The van der Waals surface area contributed by atoms with Crippen molar-refractivity contribution in [3.63, 3.8) is 0 Å². The van der Waals surface area contributed by atoms with Crippen molar-refractivity contribution < 1.29 is 8.42 Å². The molecule has 0 radical (unpaired) electrons. The second-order valence-electron chi connectivity index (χ2n) is 6.03. The van der Waals surface area contributed by atoms with Gasteiger partial charge in [0.15, 0.2) is 5.11 Å². The van der Waals surface area contributed by atoms with E-state index in [1.54, 1.807) is 24.3 Å². The molecule has 4 nitrogen and oxygen atoms in total. The number of fused-ring (bicyclic) bond motifs is 1. The Bertz CT molecular complexity index is 628. The molecule has 1 aromatic carbocycles. The van der Waals surface area contributed by atoms with E-state index in [4.69, 9.17) is 12.2 Å². The van der Waals surface area contributed by atoms with E-state index in [9.17, 15) is 8.42 Å². The summed E-state index contributed by atoms with van der Waals surface area (Å²) >= 11 is 5.16. The standard InChI is InChI=1S/C15H20N2O2S2/c1-10-6-8-11(9-7-10)21(18,19)17-15(20)16-14-12-4-2-3-5-13(12)14/h6-9,12-14H,2-5H2,1H3,(H2,16,17,20)/t12-,13+,14?. The Labute approximate surface area is 131 Å². The zero-order valence-electron chi connectivity index (χ0n) is 12.0. The van der Waals surface area contributed by atoms with Crippen molar-refractivity contribution in [2.75, 3.05) is 0 Å². The second kappa shape index (κ2) is 5.57. The number of hydrogen-bond acceptors (Lipinski definition) is 3. The lowest BCUT2D eigenvalue weighted by Gasteiger charge is -2.11. The van der Waals surface area contributed by atoms with Gasteiger partial charge in [0.25, 0.3) is 10.0 Å². The van der Waals surface area contributed by atoms with Crippen molar-refractivity contribution in [1.29, 1.82) is 0 Å². The number of sulfonamides is 1. The molecule has 2 saturated carbocycles. The molecule has 0 spiro atoms. The normalized spacial score (nSPS) is 27.6. The Hall–Kier alpha value is -1.14. The summed E-state index contributed by atoms with van der Waals surface area (Å²) in [6.45, 7) is 1.92. The van der Waals surface area contributed by atoms with E-state index in [2.05, 4.69) is 10.0 Å². The summed E-state index contributed by atoms with van der Waals surface area (Å²) in [5, 5.41) is 3.39. The molecule has 6 heteroatoms. The van der Waals surface area contributed by atoms with Crippen molar-refractivity contribution in [3.8, 4) is 0 Å². The SMILES string of the molecule is Cc1ccc(S(=O)(=O)NC(=S)NC2[C@H]3CCCC[C@@H]23)cc1. The van der Waals surface area contributed by atoms with Gasteiger partial charge in [-0.05, 0) is 56.0 Å². The Morgan fingerprint density at radius 1 is 1.14 bits per heavy atom. The molecule has 0 bridgehead atoms. The zero-order chi connectivity index (χ0) is 15.0. The van der Waals surface area contributed by atoms with Gasteiger partial charge in [-0.15, -0.1) is 0 Å². The molecule has 0 saturated heterocycles. The van der Waals surface area contributed by atoms with Crippen LogP contribution in [-0.4, -0.2) is 19.6 Å². The van der Waals surface area contributed by atoms with Crippen LogP contribution in [-0.2, 0) is 10.0 Å². The van der Waals surface area contributed by atoms with Gasteiger partial charge in [0.2, 0.25) is 0 Å². The molecule has 0 heterocycles. The van der Waals surface area contributed by atoms with Crippen molar-refractivity contribution in [1.82, 2.24) is 10.0 Å². The van der Waals surface area contributed by atoms with Crippen molar-refractivity contribution >= 4 is 27.4 Å². The quantitative estimate of drug-likeness (QED) is 0.838. The molecule has 3 rings (SSSR count). The van der Waals surface area contributed by atoms with E-state index in [0.29, 0.717) is 17.9 Å². The summed E-state index contributed by atoms with van der Waals surface area (Å²) in [6, 6.07) is 7.11. The highest BCUT2D eigenvalue weighted by molar-refractivity contribution is 7.91. The minimum Gasteiger partial charge on any atom is -0.359 e. The van der Waals surface area contributed by atoms with Crippen molar-refractivity contribution in [2.45, 2.75) is 43.5 Å². The molecule has 1 aromatic rings. The highest BCUT2D eigenvalue weighted by Gasteiger charge is 2.51. The molecule has 1 unspecified atom stereocenters. The Kier molecular flexibility index (Phi) is 3.92. The predicted octanol–water partition coefficient (Wildman–Crippen LogP) is 2.34. The van der Waals surface area contributed by atoms with Crippen molar-refractivity contribution in [2.24, 2.45) is 11.8 Å². The first-order valence-electron chi connectivity index (χ1n) is 7.37. The fourth-order valence-electron chi connectivity index (χ4n) is 3.29. The van der Waals surface area contributed by atoms with Crippen LogP contribution in [0.25, 0.3) is 0 Å². The molecule has 2 aliphatic rings. The fourth-order valence-corrected chi connectivity index (χ4v) is 4.67. The first-order valence-corrected chi connectivity index (χ1v) is 9.26. The van der Waals surface area contributed by atoms with Crippen LogP contribution in [0.2, 0.25) is 0 Å². The van der Waals surface area contributed by atoms with Crippen molar-refractivity contribution in [3.05, 3.63) is 29.8 Å². The van der Waals surface area contributed by atoms with Gasteiger partial charge in [-0.3, -0.25) is 4.72 Å². The molecule has 2 fully saturated rings. The lowest BCUT2D eigenvalue weighted by Crippen LogP contribution is -2.41. The van der Waals surface area contributed by atoms with Crippen LogP contribution >= 0.6 is 12.2 Å². The van der Waals surface area contributed by atoms with Gasteiger partial charge < -0.3 is 5.32 Å². The highest BCUT2D eigenvalue weighted by atomic mass is 32.2. The summed E-state index contributed by atoms with van der Waals surface area (Å²) < 4.78 is 26.9. The number of rotatable bonds is 3. The van der Waals surface area contributed by atoms with Gasteiger partial charge in [-0.2, -0.15) is 0 Å². The third-order valence-electron chi connectivity index (χ3n) is 4.51. The third kappa shape index (κ3) is 3.21. The van der Waals surface area contributed by atoms with Crippen LogP contribution in [0.5, 0.6) is 0 Å². The molecule has 0 aromatic heterocycles. The summed E-state index contributed by atoms with van der Waals surface area (Å²) in [6.07, 6.45) is 5.02. The maximum absolute atomic E-state index is 12.2. The maximum Gasteiger partial charge on any atom is 0.263 e. The molecular weight excluding hydrogens is 304 g/mol. The summed E-state index contributed by atoms with van der Waals surface area (Å²) in [5.74, 6) is 1.36. The molecule has 3 atom stereocenters. The number of thiocarbonyl (C=S) groups is 1. The van der Waals surface area contributed by atoms with Crippen LogP contribution in [0, 0.1) is 18.8 Å². The van der Waals surface area contributed by atoms with E-state index in [-0.39, 0.29) is 10.0 Å². The first kappa shape index (κ1) is 14.8. The van der Waals surface area contributed by atoms with E-state index < -0.39 is 10.0 Å². The van der Waals surface area contributed by atoms with Crippen LogP contribution in [0.1, 0.15) is 31.2 Å².